The van der Waals surface area contributed by atoms with Gasteiger partial charge < -0.3 is 10.1 Å². The molecule has 3 heteroatoms. The Bertz CT molecular complexity index is 583. The Balaban J connectivity index is 1.92. The monoisotopic (exact) mass is 283 g/mol. The van der Waals surface area contributed by atoms with Crippen LogP contribution in [0.2, 0.25) is 0 Å². The standard InChI is InChI=1S/C18H21NO2/c1-18(2,3)17(20)19-15-9-11-16(12-10-15)21-13-14-7-5-4-6-8-14/h4-12H,13H2,1-3H3,(H,19,20). The van der Waals surface area contributed by atoms with Crippen LogP contribution in [0, 0.1) is 5.41 Å². The van der Waals surface area contributed by atoms with Crippen molar-refractivity contribution in [2.45, 2.75) is 27.4 Å². The molecule has 0 saturated carbocycles. The predicted molar refractivity (Wildman–Crippen MR) is 85.3 cm³/mol. The summed E-state index contributed by atoms with van der Waals surface area (Å²) in [6, 6.07) is 17.4. The summed E-state index contributed by atoms with van der Waals surface area (Å²) in [5.74, 6) is 0.785. The first-order chi connectivity index (χ1) is 9.95. The smallest absolute Gasteiger partial charge is 0.229 e. The first kappa shape index (κ1) is 15.1. The Hall–Kier alpha value is -2.29. The summed E-state index contributed by atoms with van der Waals surface area (Å²) in [6.07, 6.45) is 0. The fourth-order valence-electron chi connectivity index (χ4n) is 1.69. The second-order valence-electron chi connectivity index (χ2n) is 6.00. The van der Waals surface area contributed by atoms with Crippen molar-refractivity contribution in [3.63, 3.8) is 0 Å². The molecule has 0 heterocycles. The van der Waals surface area contributed by atoms with Gasteiger partial charge in [0.2, 0.25) is 5.91 Å². The van der Waals surface area contributed by atoms with Crippen molar-refractivity contribution in [2.24, 2.45) is 5.41 Å². The van der Waals surface area contributed by atoms with Gasteiger partial charge in [0.15, 0.2) is 0 Å². The van der Waals surface area contributed by atoms with Gasteiger partial charge in [0, 0.05) is 11.1 Å². The first-order valence-corrected chi connectivity index (χ1v) is 7.03. The van der Waals surface area contributed by atoms with Crippen molar-refractivity contribution in [1.82, 2.24) is 0 Å². The van der Waals surface area contributed by atoms with Crippen LogP contribution in [0.15, 0.2) is 54.6 Å². The molecular formula is C18H21NO2. The normalized spacial score (nSPS) is 11.0. The second-order valence-corrected chi connectivity index (χ2v) is 6.00. The molecule has 0 aromatic heterocycles. The van der Waals surface area contributed by atoms with Crippen LogP contribution in [0.3, 0.4) is 0 Å². The molecule has 2 aromatic rings. The van der Waals surface area contributed by atoms with Gasteiger partial charge in [-0.25, -0.2) is 0 Å². The van der Waals surface area contributed by atoms with Crippen molar-refractivity contribution in [3.8, 4) is 5.75 Å². The topological polar surface area (TPSA) is 38.3 Å². The summed E-state index contributed by atoms with van der Waals surface area (Å²) in [5, 5.41) is 2.89. The van der Waals surface area contributed by atoms with Crippen LogP contribution in [0.5, 0.6) is 5.75 Å². The maximum absolute atomic E-state index is 11.9. The molecule has 3 nitrogen and oxygen atoms in total. The second kappa shape index (κ2) is 6.44. The van der Waals surface area contributed by atoms with Gasteiger partial charge in [-0.1, -0.05) is 51.1 Å². The minimum Gasteiger partial charge on any atom is -0.489 e. The van der Waals surface area contributed by atoms with Crippen LogP contribution < -0.4 is 10.1 Å². The average molecular weight is 283 g/mol. The number of carbonyl (C=O) groups is 1. The molecule has 1 N–H and O–H groups in total. The van der Waals surface area contributed by atoms with Crippen LogP contribution in [-0.2, 0) is 11.4 Å². The predicted octanol–water partition coefficient (Wildman–Crippen LogP) is 4.25. The van der Waals surface area contributed by atoms with E-state index in [9.17, 15) is 4.79 Å². The largest absolute Gasteiger partial charge is 0.489 e. The van der Waals surface area contributed by atoms with Crippen LogP contribution in [0.1, 0.15) is 26.3 Å². The zero-order chi connectivity index (χ0) is 15.3. The minimum absolute atomic E-state index is 0.000420. The van der Waals surface area contributed by atoms with Crippen LogP contribution in [-0.4, -0.2) is 5.91 Å². The highest BCUT2D eigenvalue weighted by Crippen LogP contribution is 2.20. The molecule has 21 heavy (non-hydrogen) atoms. The summed E-state index contributed by atoms with van der Waals surface area (Å²) in [6.45, 7) is 6.20. The van der Waals surface area contributed by atoms with Gasteiger partial charge in [0.05, 0.1) is 0 Å². The van der Waals surface area contributed by atoms with Crippen molar-refractivity contribution < 1.29 is 9.53 Å². The molecule has 2 rings (SSSR count). The summed E-state index contributed by atoms with van der Waals surface area (Å²) in [5.41, 5.74) is 1.51. The maximum Gasteiger partial charge on any atom is 0.229 e. The molecule has 0 saturated heterocycles. The number of carbonyl (C=O) groups excluding carboxylic acids is 1. The van der Waals surface area contributed by atoms with Crippen molar-refractivity contribution in [1.29, 1.82) is 0 Å². The fraction of sp³-hybridized carbons (Fsp3) is 0.278. The van der Waals surface area contributed by atoms with Gasteiger partial charge in [-0.15, -0.1) is 0 Å². The Kier molecular flexibility index (Phi) is 4.63. The third-order valence-electron chi connectivity index (χ3n) is 3.04. The highest BCUT2D eigenvalue weighted by atomic mass is 16.5. The van der Waals surface area contributed by atoms with E-state index in [2.05, 4.69) is 5.32 Å². The lowest BCUT2D eigenvalue weighted by atomic mass is 9.95. The van der Waals surface area contributed by atoms with Crippen LogP contribution in [0.25, 0.3) is 0 Å². The molecule has 2 aromatic carbocycles. The lowest BCUT2D eigenvalue weighted by molar-refractivity contribution is -0.123. The van der Waals surface area contributed by atoms with Crippen molar-refractivity contribution >= 4 is 11.6 Å². The van der Waals surface area contributed by atoms with E-state index in [1.807, 2.05) is 75.4 Å². The minimum atomic E-state index is -0.400. The van der Waals surface area contributed by atoms with Crippen LogP contribution in [0.4, 0.5) is 5.69 Å². The average Bonchev–Trinajstić information content (AvgIpc) is 2.46. The number of rotatable bonds is 4. The number of amides is 1. The number of hydrogen-bond acceptors (Lipinski definition) is 2. The summed E-state index contributed by atoms with van der Waals surface area (Å²) < 4.78 is 5.71. The van der Waals surface area contributed by atoms with E-state index in [4.69, 9.17) is 4.74 Å². The number of anilines is 1. The number of ether oxygens (including phenoxy) is 1. The van der Waals surface area contributed by atoms with E-state index < -0.39 is 5.41 Å². The molecule has 0 fully saturated rings. The molecule has 0 bridgehead atoms. The van der Waals surface area contributed by atoms with Crippen molar-refractivity contribution in [3.05, 3.63) is 60.2 Å². The van der Waals surface area contributed by atoms with Gasteiger partial charge in [-0.05, 0) is 29.8 Å². The maximum atomic E-state index is 11.9. The number of nitrogens with one attached hydrogen (secondary N) is 1. The van der Waals surface area contributed by atoms with Gasteiger partial charge in [0.1, 0.15) is 12.4 Å². The molecule has 0 aliphatic heterocycles. The lowest BCUT2D eigenvalue weighted by Gasteiger charge is -2.17. The number of hydrogen-bond donors (Lipinski definition) is 1. The molecule has 0 spiro atoms. The summed E-state index contributed by atoms with van der Waals surface area (Å²) in [7, 11) is 0. The van der Waals surface area contributed by atoms with Gasteiger partial charge >= 0.3 is 0 Å². The van der Waals surface area contributed by atoms with E-state index in [0.29, 0.717) is 6.61 Å². The molecular weight excluding hydrogens is 262 g/mol. The van der Waals surface area contributed by atoms with Crippen molar-refractivity contribution in [2.75, 3.05) is 5.32 Å². The van der Waals surface area contributed by atoms with E-state index in [1.54, 1.807) is 0 Å². The van der Waals surface area contributed by atoms with E-state index in [0.717, 1.165) is 17.0 Å². The Labute approximate surface area is 126 Å². The van der Waals surface area contributed by atoms with Gasteiger partial charge in [-0.2, -0.15) is 0 Å². The highest BCUT2D eigenvalue weighted by molar-refractivity contribution is 5.94. The van der Waals surface area contributed by atoms with E-state index >= 15 is 0 Å². The molecule has 0 unspecified atom stereocenters. The Morgan fingerprint density at radius 3 is 2.19 bits per heavy atom. The van der Waals surface area contributed by atoms with E-state index in [1.165, 1.54) is 0 Å². The highest BCUT2D eigenvalue weighted by Gasteiger charge is 2.20. The van der Waals surface area contributed by atoms with Crippen LogP contribution >= 0.6 is 0 Å². The SMILES string of the molecule is CC(C)(C)C(=O)Nc1ccc(OCc2ccccc2)cc1. The quantitative estimate of drug-likeness (QED) is 0.911. The molecule has 0 atom stereocenters. The zero-order valence-electron chi connectivity index (χ0n) is 12.7. The number of benzene rings is 2. The summed E-state index contributed by atoms with van der Waals surface area (Å²) >= 11 is 0. The molecule has 0 aliphatic carbocycles. The van der Waals surface area contributed by atoms with Gasteiger partial charge in [0.25, 0.3) is 0 Å². The third-order valence-corrected chi connectivity index (χ3v) is 3.04. The molecule has 0 radical (unpaired) electrons. The molecule has 110 valence electrons. The fourth-order valence-corrected chi connectivity index (χ4v) is 1.69. The first-order valence-electron chi connectivity index (χ1n) is 7.03. The van der Waals surface area contributed by atoms with E-state index in [-0.39, 0.29) is 5.91 Å². The van der Waals surface area contributed by atoms with Gasteiger partial charge in [-0.3, -0.25) is 4.79 Å². The Morgan fingerprint density at radius 2 is 1.62 bits per heavy atom. The lowest BCUT2D eigenvalue weighted by Crippen LogP contribution is -2.27. The third kappa shape index (κ3) is 4.63. The summed E-state index contributed by atoms with van der Waals surface area (Å²) in [4.78, 5) is 11.9. The molecule has 1 amide bonds. The molecule has 0 aliphatic rings. The zero-order valence-corrected chi connectivity index (χ0v) is 12.7. The Morgan fingerprint density at radius 1 is 1.00 bits per heavy atom.